The Morgan fingerprint density at radius 2 is 2.16 bits per heavy atom. The molecule has 0 amide bonds. The summed E-state index contributed by atoms with van der Waals surface area (Å²) in [6.07, 6.45) is 3.77. The van der Waals surface area contributed by atoms with Gasteiger partial charge in [0.15, 0.2) is 0 Å². The van der Waals surface area contributed by atoms with Gasteiger partial charge in [-0.2, -0.15) is 0 Å². The van der Waals surface area contributed by atoms with Crippen molar-refractivity contribution in [3.63, 3.8) is 0 Å². The van der Waals surface area contributed by atoms with Gasteiger partial charge in [0.05, 0.1) is 18.1 Å². The van der Waals surface area contributed by atoms with Gasteiger partial charge in [0, 0.05) is 19.2 Å². The van der Waals surface area contributed by atoms with Crippen LogP contribution in [-0.4, -0.2) is 18.6 Å². The van der Waals surface area contributed by atoms with Gasteiger partial charge in [-0.05, 0) is 36.3 Å². The molecule has 1 aromatic rings. The number of rotatable bonds is 7. The van der Waals surface area contributed by atoms with Crippen LogP contribution >= 0.6 is 0 Å². The van der Waals surface area contributed by atoms with E-state index in [9.17, 15) is 10.1 Å². The summed E-state index contributed by atoms with van der Waals surface area (Å²) in [7, 11) is 1.52. The minimum atomic E-state index is -0.388. The molecule has 19 heavy (non-hydrogen) atoms. The summed E-state index contributed by atoms with van der Waals surface area (Å²) in [5.41, 5.74) is 1.44. The van der Waals surface area contributed by atoms with E-state index in [1.807, 2.05) is 6.07 Å². The standard InChI is InChI=1S/C14H20N2O3/c1-3-14(4-5-14)10-15-9-11-6-12(16(17)18)8-13(7-11)19-2/h6-8,15H,3-5,9-10H2,1-2H3. The normalized spacial score (nSPS) is 16.1. The fraction of sp³-hybridized carbons (Fsp3) is 0.571. The van der Waals surface area contributed by atoms with Crippen molar-refractivity contribution in [3.8, 4) is 5.75 Å². The summed E-state index contributed by atoms with van der Waals surface area (Å²) in [6, 6.07) is 4.88. The smallest absolute Gasteiger partial charge is 0.273 e. The van der Waals surface area contributed by atoms with E-state index >= 15 is 0 Å². The lowest BCUT2D eigenvalue weighted by Gasteiger charge is -2.13. The van der Waals surface area contributed by atoms with Gasteiger partial charge < -0.3 is 10.1 Å². The predicted octanol–water partition coefficient (Wildman–Crippen LogP) is 2.88. The van der Waals surface area contributed by atoms with E-state index in [-0.39, 0.29) is 10.6 Å². The first-order chi connectivity index (χ1) is 9.08. The van der Waals surface area contributed by atoms with Crippen molar-refractivity contribution in [1.82, 2.24) is 5.32 Å². The zero-order chi connectivity index (χ0) is 13.9. The molecule has 0 bridgehead atoms. The zero-order valence-corrected chi connectivity index (χ0v) is 11.4. The molecule has 5 heteroatoms. The number of nitrogens with one attached hydrogen (secondary N) is 1. The highest BCUT2D eigenvalue weighted by Gasteiger charge is 2.39. The molecule has 5 nitrogen and oxygen atoms in total. The average Bonchev–Trinajstić information content (AvgIpc) is 3.19. The third-order valence-electron chi connectivity index (χ3n) is 3.93. The minimum absolute atomic E-state index is 0.0766. The molecule has 0 heterocycles. The van der Waals surface area contributed by atoms with Crippen LogP contribution in [0.4, 0.5) is 5.69 Å². The summed E-state index contributed by atoms with van der Waals surface area (Å²) in [5.74, 6) is 0.530. The van der Waals surface area contributed by atoms with E-state index < -0.39 is 0 Å². The lowest BCUT2D eigenvalue weighted by Crippen LogP contribution is -2.23. The molecule has 1 fully saturated rings. The summed E-state index contributed by atoms with van der Waals surface area (Å²) < 4.78 is 5.09. The van der Waals surface area contributed by atoms with E-state index in [1.54, 1.807) is 6.07 Å². The second-order valence-electron chi connectivity index (χ2n) is 5.25. The predicted molar refractivity (Wildman–Crippen MR) is 73.3 cm³/mol. The van der Waals surface area contributed by atoms with Crippen LogP contribution in [0.15, 0.2) is 18.2 Å². The number of methoxy groups -OCH3 is 1. The van der Waals surface area contributed by atoms with Crippen LogP contribution in [0.25, 0.3) is 0 Å². The lowest BCUT2D eigenvalue weighted by molar-refractivity contribution is -0.385. The molecule has 1 aromatic carbocycles. The SMILES string of the molecule is CCC1(CNCc2cc(OC)cc([N+](=O)[O-])c2)CC1. The molecule has 104 valence electrons. The first-order valence-electron chi connectivity index (χ1n) is 6.62. The van der Waals surface area contributed by atoms with Crippen molar-refractivity contribution in [2.45, 2.75) is 32.7 Å². The Morgan fingerprint density at radius 3 is 2.68 bits per heavy atom. The number of hydrogen-bond acceptors (Lipinski definition) is 4. The quantitative estimate of drug-likeness (QED) is 0.607. The van der Waals surface area contributed by atoms with Crippen LogP contribution in [0.1, 0.15) is 31.7 Å². The molecule has 0 aliphatic heterocycles. The first kappa shape index (κ1) is 13.8. The Morgan fingerprint density at radius 1 is 1.42 bits per heavy atom. The third-order valence-corrected chi connectivity index (χ3v) is 3.93. The molecule has 0 spiro atoms. The summed E-state index contributed by atoms with van der Waals surface area (Å²) in [4.78, 5) is 10.5. The van der Waals surface area contributed by atoms with Crippen LogP contribution in [0.5, 0.6) is 5.75 Å². The Hall–Kier alpha value is -1.62. The van der Waals surface area contributed by atoms with Crippen molar-refractivity contribution in [2.24, 2.45) is 5.41 Å². The number of nitrogens with zero attached hydrogens (tertiary/aromatic N) is 1. The van der Waals surface area contributed by atoms with Crippen molar-refractivity contribution in [3.05, 3.63) is 33.9 Å². The van der Waals surface area contributed by atoms with Crippen molar-refractivity contribution >= 4 is 5.69 Å². The van der Waals surface area contributed by atoms with Gasteiger partial charge in [0.2, 0.25) is 0 Å². The fourth-order valence-electron chi connectivity index (χ4n) is 2.27. The molecular weight excluding hydrogens is 244 g/mol. The second-order valence-corrected chi connectivity index (χ2v) is 5.25. The van der Waals surface area contributed by atoms with Crippen molar-refractivity contribution in [1.29, 1.82) is 0 Å². The maximum absolute atomic E-state index is 10.8. The maximum atomic E-state index is 10.8. The molecular formula is C14H20N2O3. The molecule has 1 aliphatic rings. The number of hydrogen-bond donors (Lipinski definition) is 1. The Bertz CT molecular complexity index is 470. The number of benzene rings is 1. The number of nitro benzene ring substituents is 1. The monoisotopic (exact) mass is 264 g/mol. The third kappa shape index (κ3) is 3.44. The van der Waals surface area contributed by atoms with Gasteiger partial charge in [-0.1, -0.05) is 6.92 Å². The van der Waals surface area contributed by atoms with E-state index in [2.05, 4.69) is 12.2 Å². The Labute approximate surface area is 113 Å². The van der Waals surface area contributed by atoms with Crippen LogP contribution in [0.2, 0.25) is 0 Å². The lowest BCUT2D eigenvalue weighted by atomic mass is 10.0. The summed E-state index contributed by atoms with van der Waals surface area (Å²) >= 11 is 0. The number of non-ortho nitro benzene ring substituents is 1. The molecule has 0 radical (unpaired) electrons. The molecule has 0 saturated heterocycles. The zero-order valence-electron chi connectivity index (χ0n) is 11.4. The highest BCUT2D eigenvalue weighted by atomic mass is 16.6. The molecule has 0 unspecified atom stereocenters. The van der Waals surface area contributed by atoms with E-state index in [1.165, 1.54) is 32.4 Å². The molecule has 1 aliphatic carbocycles. The second kappa shape index (κ2) is 5.57. The van der Waals surface area contributed by atoms with Crippen molar-refractivity contribution in [2.75, 3.05) is 13.7 Å². The largest absolute Gasteiger partial charge is 0.496 e. The van der Waals surface area contributed by atoms with Gasteiger partial charge in [-0.25, -0.2) is 0 Å². The summed E-state index contributed by atoms with van der Waals surface area (Å²) in [6.45, 7) is 3.83. The molecule has 1 saturated carbocycles. The van der Waals surface area contributed by atoms with Gasteiger partial charge in [-0.15, -0.1) is 0 Å². The highest BCUT2D eigenvalue weighted by Crippen LogP contribution is 2.47. The Balaban J connectivity index is 1.99. The number of ether oxygens (including phenoxy) is 1. The molecule has 0 atom stereocenters. The molecule has 0 aromatic heterocycles. The Kier molecular flexibility index (Phi) is 4.04. The van der Waals surface area contributed by atoms with Gasteiger partial charge in [0.1, 0.15) is 5.75 Å². The van der Waals surface area contributed by atoms with E-state index in [0.717, 1.165) is 12.1 Å². The van der Waals surface area contributed by atoms with Crippen LogP contribution in [0, 0.1) is 15.5 Å². The molecule has 2 rings (SSSR count). The minimum Gasteiger partial charge on any atom is -0.496 e. The van der Waals surface area contributed by atoms with Gasteiger partial charge in [0.25, 0.3) is 5.69 Å². The van der Waals surface area contributed by atoms with E-state index in [0.29, 0.717) is 17.7 Å². The van der Waals surface area contributed by atoms with Crippen LogP contribution in [0.3, 0.4) is 0 Å². The maximum Gasteiger partial charge on any atom is 0.273 e. The van der Waals surface area contributed by atoms with Gasteiger partial charge in [-0.3, -0.25) is 10.1 Å². The van der Waals surface area contributed by atoms with Crippen LogP contribution in [-0.2, 0) is 6.54 Å². The van der Waals surface area contributed by atoms with E-state index in [4.69, 9.17) is 4.74 Å². The summed E-state index contributed by atoms with van der Waals surface area (Å²) in [5, 5.41) is 14.2. The topological polar surface area (TPSA) is 64.4 Å². The highest BCUT2D eigenvalue weighted by molar-refractivity contribution is 5.42. The van der Waals surface area contributed by atoms with Crippen molar-refractivity contribution < 1.29 is 9.66 Å². The first-order valence-corrected chi connectivity index (χ1v) is 6.62. The average molecular weight is 264 g/mol. The van der Waals surface area contributed by atoms with Crippen LogP contribution < -0.4 is 10.1 Å². The van der Waals surface area contributed by atoms with Gasteiger partial charge >= 0.3 is 0 Å². The fourth-order valence-corrected chi connectivity index (χ4v) is 2.27. The number of nitro groups is 1. The molecule has 1 N–H and O–H groups in total.